The Morgan fingerprint density at radius 2 is 1.94 bits per heavy atom. The average Bonchev–Trinajstić information content (AvgIpc) is 3.51. The van der Waals surface area contributed by atoms with Crippen LogP contribution < -0.4 is 4.74 Å². The zero-order valence-electron chi connectivity index (χ0n) is 20.0. The zero-order valence-corrected chi connectivity index (χ0v) is 20.0. The Balaban J connectivity index is 1.30. The van der Waals surface area contributed by atoms with Gasteiger partial charge in [0.1, 0.15) is 11.4 Å². The van der Waals surface area contributed by atoms with Crippen LogP contribution in [0.25, 0.3) is 22.5 Å². The summed E-state index contributed by atoms with van der Waals surface area (Å²) in [4.78, 5) is 20.4. The van der Waals surface area contributed by atoms with Crippen molar-refractivity contribution >= 4 is 16.9 Å². The lowest BCUT2D eigenvalue weighted by molar-refractivity contribution is 0.0689. The average molecular weight is 459 g/mol. The number of aromatic nitrogens is 3. The predicted octanol–water partition coefficient (Wildman–Crippen LogP) is 5.03. The van der Waals surface area contributed by atoms with Gasteiger partial charge < -0.3 is 14.1 Å². The number of carbonyl (C=O) groups excluding carboxylic acids is 1. The lowest BCUT2D eigenvalue weighted by atomic mass is 9.90. The highest BCUT2D eigenvalue weighted by molar-refractivity contribution is 6.07. The largest absolute Gasteiger partial charge is 0.497 e. The van der Waals surface area contributed by atoms with Gasteiger partial charge in [-0.2, -0.15) is 5.10 Å². The van der Waals surface area contributed by atoms with Crippen molar-refractivity contribution in [3.63, 3.8) is 0 Å². The molecule has 0 saturated carbocycles. The maximum atomic E-state index is 13.7. The minimum absolute atomic E-state index is 0.0462. The van der Waals surface area contributed by atoms with E-state index < -0.39 is 0 Å². The molecule has 3 aromatic heterocycles. The molecule has 0 radical (unpaired) electrons. The first kappa shape index (κ1) is 22.2. The fourth-order valence-corrected chi connectivity index (χ4v) is 4.92. The number of likely N-dealkylation sites (tertiary alicyclic amines) is 1. The third-order valence-electron chi connectivity index (χ3n) is 6.87. The Hall–Kier alpha value is -3.61. The Kier molecular flexibility index (Phi) is 6.09. The lowest BCUT2D eigenvalue weighted by Gasteiger charge is -2.32. The summed E-state index contributed by atoms with van der Waals surface area (Å²) in [6, 6.07) is 13.9. The minimum atomic E-state index is 0.0462. The van der Waals surface area contributed by atoms with Gasteiger partial charge in [-0.25, -0.2) is 4.98 Å². The van der Waals surface area contributed by atoms with E-state index in [1.807, 2.05) is 49.2 Å². The Morgan fingerprint density at radius 3 is 2.62 bits per heavy atom. The number of hydrogen-bond acceptors (Lipinski definition) is 5. The molecular weight excluding hydrogens is 428 g/mol. The number of benzene rings is 1. The number of methoxy groups -OCH3 is 1. The number of hydrogen-bond donors (Lipinski definition) is 0. The number of fused-ring (bicyclic) bond motifs is 1. The van der Waals surface area contributed by atoms with Crippen LogP contribution in [0.15, 0.2) is 53.1 Å². The third-order valence-corrected chi connectivity index (χ3v) is 6.87. The van der Waals surface area contributed by atoms with E-state index in [2.05, 4.69) is 17.2 Å². The molecule has 0 aliphatic carbocycles. The van der Waals surface area contributed by atoms with Gasteiger partial charge >= 0.3 is 0 Å². The quantitative estimate of drug-likeness (QED) is 0.405. The molecule has 176 valence electrons. The second-order valence-corrected chi connectivity index (χ2v) is 9.06. The summed E-state index contributed by atoms with van der Waals surface area (Å²) in [6.45, 7) is 3.47. The van der Waals surface area contributed by atoms with E-state index in [0.717, 1.165) is 55.6 Å². The Bertz CT molecular complexity index is 1280. The Morgan fingerprint density at radius 1 is 1.18 bits per heavy atom. The van der Waals surface area contributed by atoms with Gasteiger partial charge in [0.05, 0.1) is 30.0 Å². The van der Waals surface area contributed by atoms with E-state index in [0.29, 0.717) is 28.6 Å². The second-order valence-electron chi connectivity index (χ2n) is 9.06. The molecule has 0 N–H and O–H groups in total. The van der Waals surface area contributed by atoms with E-state index in [1.165, 1.54) is 5.56 Å². The third kappa shape index (κ3) is 4.30. The molecule has 1 amide bonds. The second kappa shape index (κ2) is 9.33. The zero-order chi connectivity index (χ0) is 23.7. The standard InChI is InChI=1S/C27H30N4O3/c1-18-25-22(17-23(24-5-4-16-34-24)28-26(25)30(2)29-18)27(32)31-14-12-20(13-15-31)7-6-19-8-10-21(33-3)11-9-19/h4-5,8-11,16-17,20H,6-7,12-15H2,1-3H3. The van der Waals surface area contributed by atoms with E-state index in [9.17, 15) is 4.79 Å². The van der Waals surface area contributed by atoms with Crippen molar-refractivity contribution < 1.29 is 13.9 Å². The molecular formula is C27H30N4O3. The number of amides is 1. The van der Waals surface area contributed by atoms with Crippen LogP contribution in [0.1, 0.15) is 40.9 Å². The van der Waals surface area contributed by atoms with Crippen molar-refractivity contribution in [2.75, 3.05) is 20.2 Å². The summed E-state index contributed by atoms with van der Waals surface area (Å²) in [6.07, 6.45) is 5.85. The number of aryl methyl sites for hydroxylation is 3. The van der Waals surface area contributed by atoms with Crippen LogP contribution in [0, 0.1) is 12.8 Å². The number of rotatable bonds is 6. The van der Waals surface area contributed by atoms with Gasteiger partial charge in [0, 0.05) is 20.1 Å². The first-order valence-corrected chi connectivity index (χ1v) is 11.8. The molecule has 34 heavy (non-hydrogen) atoms. The summed E-state index contributed by atoms with van der Waals surface area (Å²) >= 11 is 0. The van der Waals surface area contributed by atoms with Gasteiger partial charge in [0.25, 0.3) is 5.91 Å². The van der Waals surface area contributed by atoms with Gasteiger partial charge in [-0.05, 0) is 74.4 Å². The van der Waals surface area contributed by atoms with E-state index >= 15 is 0 Å². The van der Waals surface area contributed by atoms with Crippen LogP contribution in [-0.4, -0.2) is 45.8 Å². The van der Waals surface area contributed by atoms with E-state index in [1.54, 1.807) is 18.1 Å². The number of furan rings is 1. The van der Waals surface area contributed by atoms with Crippen LogP contribution in [0.2, 0.25) is 0 Å². The minimum Gasteiger partial charge on any atom is -0.497 e. The topological polar surface area (TPSA) is 73.4 Å². The molecule has 5 rings (SSSR count). The molecule has 1 saturated heterocycles. The van der Waals surface area contributed by atoms with Crippen molar-refractivity contribution in [1.82, 2.24) is 19.7 Å². The van der Waals surface area contributed by atoms with Gasteiger partial charge in [-0.3, -0.25) is 9.48 Å². The highest BCUT2D eigenvalue weighted by Crippen LogP contribution is 2.30. The first-order valence-electron chi connectivity index (χ1n) is 11.8. The number of nitrogens with zero attached hydrogens (tertiary/aromatic N) is 4. The van der Waals surface area contributed by atoms with Crippen LogP contribution in [0.3, 0.4) is 0 Å². The molecule has 1 fully saturated rings. The summed E-state index contributed by atoms with van der Waals surface area (Å²) < 4.78 is 12.5. The van der Waals surface area contributed by atoms with E-state index in [4.69, 9.17) is 14.1 Å². The SMILES string of the molecule is COc1ccc(CCC2CCN(C(=O)c3cc(-c4ccco4)nc4c3c(C)nn4C)CC2)cc1. The van der Waals surface area contributed by atoms with Gasteiger partial charge in [0.15, 0.2) is 11.4 Å². The maximum Gasteiger partial charge on any atom is 0.254 e. The lowest BCUT2D eigenvalue weighted by Crippen LogP contribution is -2.38. The molecule has 1 aliphatic rings. The Labute approximate surface area is 199 Å². The molecule has 0 spiro atoms. The van der Waals surface area contributed by atoms with Crippen molar-refractivity contribution in [1.29, 1.82) is 0 Å². The van der Waals surface area contributed by atoms with Gasteiger partial charge in [-0.1, -0.05) is 12.1 Å². The van der Waals surface area contributed by atoms with Crippen molar-refractivity contribution in [3.8, 4) is 17.2 Å². The predicted molar refractivity (Wildman–Crippen MR) is 131 cm³/mol. The van der Waals surface area contributed by atoms with Crippen molar-refractivity contribution in [2.24, 2.45) is 13.0 Å². The molecule has 1 aliphatic heterocycles. The number of ether oxygens (including phenoxy) is 1. The first-order chi connectivity index (χ1) is 16.5. The summed E-state index contributed by atoms with van der Waals surface area (Å²) in [5.74, 6) is 2.21. The molecule has 7 nitrogen and oxygen atoms in total. The highest BCUT2D eigenvalue weighted by atomic mass is 16.5. The molecule has 0 unspecified atom stereocenters. The fraction of sp³-hybridized carbons (Fsp3) is 0.370. The molecule has 1 aromatic carbocycles. The molecule has 7 heteroatoms. The summed E-state index contributed by atoms with van der Waals surface area (Å²) in [5, 5.41) is 5.35. The molecule has 0 atom stereocenters. The fourth-order valence-electron chi connectivity index (χ4n) is 4.92. The van der Waals surface area contributed by atoms with Crippen LogP contribution in [0.5, 0.6) is 5.75 Å². The van der Waals surface area contributed by atoms with Crippen molar-refractivity contribution in [2.45, 2.75) is 32.6 Å². The van der Waals surface area contributed by atoms with Gasteiger partial charge in [-0.15, -0.1) is 0 Å². The van der Waals surface area contributed by atoms with Crippen molar-refractivity contribution in [3.05, 3.63) is 65.5 Å². The van der Waals surface area contributed by atoms with Crippen LogP contribution in [-0.2, 0) is 13.5 Å². The molecule has 0 bridgehead atoms. The monoisotopic (exact) mass is 458 g/mol. The highest BCUT2D eigenvalue weighted by Gasteiger charge is 2.27. The van der Waals surface area contributed by atoms with Crippen LogP contribution >= 0.6 is 0 Å². The number of pyridine rings is 1. The summed E-state index contributed by atoms with van der Waals surface area (Å²) in [5.41, 5.74) is 4.14. The molecule has 4 heterocycles. The van der Waals surface area contributed by atoms with Crippen LogP contribution in [0.4, 0.5) is 0 Å². The maximum absolute atomic E-state index is 13.7. The summed E-state index contributed by atoms with van der Waals surface area (Å²) in [7, 11) is 3.55. The molecule has 4 aromatic rings. The normalized spacial score (nSPS) is 14.6. The number of carbonyl (C=O) groups is 1. The smallest absolute Gasteiger partial charge is 0.254 e. The van der Waals surface area contributed by atoms with E-state index in [-0.39, 0.29) is 5.91 Å². The number of piperidine rings is 1. The van der Waals surface area contributed by atoms with Gasteiger partial charge in [0.2, 0.25) is 0 Å².